The summed E-state index contributed by atoms with van der Waals surface area (Å²) in [6.07, 6.45) is -0.457. The maximum absolute atomic E-state index is 11.6. The summed E-state index contributed by atoms with van der Waals surface area (Å²) in [6, 6.07) is 5.01. The molecule has 21 heavy (non-hydrogen) atoms. The fraction of sp³-hybridized carbons (Fsp3) is 0.500. The van der Waals surface area contributed by atoms with E-state index in [0.29, 0.717) is 30.3 Å². The molecule has 6 nitrogen and oxygen atoms in total. The molecule has 0 unspecified atom stereocenters. The summed E-state index contributed by atoms with van der Waals surface area (Å²) in [4.78, 5) is 13.1. The van der Waals surface area contributed by atoms with Crippen molar-refractivity contribution in [3.63, 3.8) is 0 Å². The van der Waals surface area contributed by atoms with Gasteiger partial charge in [-0.15, -0.1) is 0 Å². The third-order valence-corrected chi connectivity index (χ3v) is 3.70. The van der Waals surface area contributed by atoms with Crippen molar-refractivity contribution in [3.8, 4) is 0 Å². The second kappa shape index (κ2) is 6.87. The largest absolute Gasteiger partial charge is 0.450 e. The molecule has 2 rings (SSSR count). The number of rotatable bonds is 3. The van der Waals surface area contributed by atoms with Crippen molar-refractivity contribution in [1.29, 1.82) is 0 Å². The van der Waals surface area contributed by atoms with Gasteiger partial charge in [-0.3, -0.25) is 0 Å². The quantitative estimate of drug-likeness (QED) is 0.742. The van der Waals surface area contributed by atoms with E-state index in [9.17, 15) is 9.90 Å². The van der Waals surface area contributed by atoms with E-state index >= 15 is 0 Å². The Morgan fingerprint density at radius 1 is 1.62 bits per heavy atom. The second-order valence-corrected chi connectivity index (χ2v) is 5.42. The van der Waals surface area contributed by atoms with E-state index in [-0.39, 0.29) is 18.7 Å². The molecular weight excluding hydrogens is 294 g/mol. The molecule has 0 saturated carbocycles. The number of amides is 1. The molecule has 2 atom stereocenters. The molecule has 116 valence electrons. The summed E-state index contributed by atoms with van der Waals surface area (Å²) < 4.78 is 4.94. The van der Waals surface area contributed by atoms with E-state index < -0.39 is 6.10 Å². The summed E-state index contributed by atoms with van der Waals surface area (Å²) in [5, 5.41) is 14.0. The van der Waals surface area contributed by atoms with E-state index in [1.54, 1.807) is 25.1 Å². The molecule has 0 radical (unpaired) electrons. The summed E-state index contributed by atoms with van der Waals surface area (Å²) >= 11 is 5.86. The van der Waals surface area contributed by atoms with Gasteiger partial charge < -0.3 is 25.8 Å². The number of benzene rings is 1. The van der Waals surface area contributed by atoms with Crippen LogP contribution in [0.3, 0.4) is 0 Å². The highest BCUT2D eigenvalue weighted by atomic mass is 35.5. The van der Waals surface area contributed by atoms with Crippen molar-refractivity contribution < 1.29 is 14.6 Å². The number of piperidine rings is 1. The zero-order chi connectivity index (χ0) is 15.4. The first-order valence-corrected chi connectivity index (χ1v) is 7.30. The van der Waals surface area contributed by atoms with Gasteiger partial charge in [-0.2, -0.15) is 0 Å². The molecule has 1 fully saturated rings. The summed E-state index contributed by atoms with van der Waals surface area (Å²) in [5.41, 5.74) is 7.15. The lowest BCUT2D eigenvalue weighted by atomic mass is 10.0. The molecule has 0 aromatic heterocycles. The minimum Gasteiger partial charge on any atom is -0.450 e. The molecule has 1 aromatic rings. The van der Waals surface area contributed by atoms with Gasteiger partial charge in [-0.1, -0.05) is 11.6 Å². The molecule has 1 heterocycles. The Morgan fingerprint density at radius 3 is 3.00 bits per heavy atom. The van der Waals surface area contributed by atoms with Gasteiger partial charge in [0.1, 0.15) is 0 Å². The monoisotopic (exact) mass is 313 g/mol. The van der Waals surface area contributed by atoms with E-state index in [1.807, 2.05) is 0 Å². The Morgan fingerprint density at radius 2 is 2.38 bits per heavy atom. The van der Waals surface area contributed by atoms with Crippen LogP contribution in [0.4, 0.5) is 16.2 Å². The topological polar surface area (TPSA) is 87.8 Å². The number of hydrogen-bond acceptors (Lipinski definition) is 5. The molecular formula is C14H20ClN3O3. The lowest BCUT2D eigenvalue weighted by molar-refractivity contribution is 0.0444. The maximum Gasteiger partial charge on any atom is 0.409 e. The number of anilines is 2. The van der Waals surface area contributed by atoms with Crippen LogP contribution in [-0.4, -0.2) is 47.9 Å². The first-order chi connectivity index (χ1) is 10.0. The molecule has 4 N–H and O–H groups in total. The molecule has 0 spiro atoms. The van der Waals surface area contributed by atoms with Crippen molar-refractivity contribution in [1.82, 2.24) is 4.90 Å². The zero-order valence-electron chi connectivity index (χ0n) is 11.9. The van der Waals surface area contributed by atoms with Crippen LogP contribution in [-0.2, 0) is 4.74 Å². The van der Waals surface area contributed by atoms with Gasteiger partial charge in [0.15, 0.2) is 0 Å². The Hall–Kier alpha value is -1.66. The molecule has 1 amide bonds. The van der Waals surface area contributed by atoms with Crippen molar-refractivity contribution in [2.75, 3.05) is 30.7 Å². The minimum atomic E-state index is -0.682. The highest BCUT2D eigenvalue weighted by molar-refractivity contribution is 6.31. The van der Waals surface area contributed by atoms with Gasteiger partial charge in [-0.05, 0) is 31.5 Å². The van der Waals surface area contributed by atoms with E-state index in [4.69, 9.17) is 22.1 Å². The summed E-state index contributed by atoms with van der Waals surface area (Å²) in [7, 11) is 0. The Balaban J connectivity index is 1.96. The normalized spacial score (nSPS) is 22.0. The number of halogens is 1. The van der Waals surface area contributed by atoms with Crippen molar-refractivity contribution in [3.05, 3.63) is 23.2 Å². The second-order valence-electron chi connectivity index (χ2n) is 4.98. The maximum atomic E-state index is 11.6. The third-order valence-electron chi connectivity index (χ3n) is 3.46. The van der Waals surface area contributed by atoms with Crippen LogP contribution in [0, 0.1) is 0 Å². The Bertz CT molecular complexity index is 512. The van der Waals surface area contributed by atoms with Gasteiger partial charge in [0, 0.05) is 11.6 Å². The van der Waals surface area contributed by atoms with Crippen LogP contribution < -0.4 is 11.1 Å². The van der Waals surface area contributed by atoms with Crippen LogP contribution in [0.2, 0.25) is 5.02 Å². The lowest BCUT2D eigenvalue weighted by Crippen LogP contribution is -2.51. The number of nitrogen functional groups attached to an aromatic ring is 1. The SMILES string of the molecule is CCOC(=O)N1CC[C@@H](Nc2ccc(Cl)cc2N)[C@@H](O)C1. The average Bonchev–Trinajstić information content (AvgIpc) is 2.44. The first-order valence-electron chi connectivity index (χ1n) is 6.92. The fourth-order valence-corrected chi connectivity index (χ4v) is 2.53. The van der Waals surface area contributed by atoms with Crippen LogP contribution in [0.25, 0.3) is 0 Å². The number of β-amino-alcohol motifs (C(OH)–C–C–N with tert-alkyl or cyclic N) is 1. The van der Waals surface area contributed by atoms with Crippen LogP contribution in [0.15, 0.2) is 18.2 Å². The number of carbonyl (C=O) groups excluding carboxylic acids is 1. The predicted octanol–water partition coefficient (Wildman–Crippen LogP) is 1.93. The standard InChI is InChI=1S/C14H20ClN3O3/c1-2-21-14(20)18-6-5-12(13(19)8-18)17-11-4-3-9(15)7-10(11)16/h3-4,7,12-13,17,19H,2,5-6,8,16H2,1H3/t12-,13+/m1/s1. The molecule has 1 aromatic carbocycles. The zero-order valence-corrected chi connectivity index (χ0v) is 12.6. The minimum absolute atomic E-state index is 0.167. The van der Waals surface area contributed by atoms with Crippen molar-refractivity contribution in [2.45, 2.75) is 25.5 Å². The number of nitrogens with one attached hydrogen (secondary N) is 1. The number of aliphatic hydroxyl groups excluding tert-OH is 1. The smallest absolute Gasteiger partial charge is 0.409 e. The first kappa shape index (κ1) is 15.7. The van der Waals surface area contributed by atoms with Crippen LogP contribution in [0.5, 0.6) is 0 Å². The number of nitrogens with two attached hydrogens (primary N) is 1. The molecule has 1 saturated heterocycles. The molecule has 0 aliphatic carbocycles. The average molecular weight is 314 g/mol. The Kier molecular flexibility index (Phi) is 5.14. The van der Waals surface area contributed by atoms with Gasteiger partial charge in [0.05, 0.1) is 36.7 Å². The number of nitrogens with zero attached hydrogens (tertiary/aromatic N) is 1. The van der Waals surface area contributed by atoms with Gasteiger partial charge in [-0.25, -0.2) is 4.79 Å². The number of hydrogen-bond donors (Lipinski definition) is 3. The third kappa shape index (κ3) is 3.92. The van der Waals surface area contributed by atoms with Crippen molar-refractivity contribution in [2.24, 2.45) is 0 Å². The summed E-state index contributed by atoms with van der Waals surface area (Å²) in [5.74, 6) is 0. The van der Waals surface area contributed by atoms with Crippen LogP contribution in [0.1, 0.15) is 13.3 Å². The molecule has 7 heteroatoms. The number of likely N-dealkylation sites (tertiary alicyclic amines) is 1. The predicted molar refractivity (Wildman–Crippen MR) is 82.5 cm³/mol. The Labute approximate surface area is 128 Å². The number of aliphatic hydroxyl groups is 1. The van der Waals surface area contributed by atoms with Gasteiger partial charge in [0.25, 0.3) is 0 Å². The van der Waals surface area contributed by atoms with Crippen molar-refractivity contribution >= 4 is 29.1 Å². The van der Waals surface area contributed by atoms with E-state index in [0.717, 1.165) is 5.69 Å². The lowest BCUT2D eigenvalue weighted by Gasteiger charge is -2.36. The molecule has 0 bridgehead atoms. The number of ether oxygens (including phenoxy) is 1. The van der Waals surface area contributed by atoms with Gasteiger partial charge >= 0.3 is 6.09 Å². The highest BCUT2D eigenvalue weighted by Crippen LogP contribution is 2.25. The summed E-state index contributed by atoms with van der Waals surface area (Å²) in [6.45, 7) is 2.85. The number of carbonyl (C=O) groups is 1. The molecule has 1 aliphatic heterocycles. The highest BCUT2D eigenvalue weighted by Gasteiger charge is 2.31. The molecule has 1 aliphatic rings. The van der Waals surface area contributed by atoms with E-state index in [2.05, 4.69) is 5.32 Å². The fourth-order valence-electron chi connectivity index (χ4n) is 2.35. The van der Waals surface area contributed by atoms with Gasteiger partial charge in [0.2, 0.25) is 0 Å². The van der Waals surface area contributed by atoms with Crippen LogP contribution >= 0.6 is 11.6 Å². The van der Waals surface area contributed by atoms with E-state index in [1.165, 1.54) is 4.90 Å².